The Morgan fingerprint density at radius 1 is 1.30 bits per heavy atom. The van der Waals surface area contributed by atoms with Gasteiger partial charge in [0.05, 0.1) is 12.6 Å². The Morgan fingerprint density at radius 3 is 2.95 bits per heavy atom. The first-order valence-electron chi connectivity index (χ1n) is 7.52. The molecule has 1 fully saturated rings. The smallest absolute Gasteiger partial charge is 0.209 e. The molecule has 6 nitrogen and oxygen atoms in total. The quantitative estimate of drug-likeness (QED) is 0.526. The van der Waals surface area contributed by atoms with Gasteiger partial charge in [-0.1, -0.05) is 24.6 Å². The molecule has 0 radical (unpaired) electrons. The molecule has 0 aromatic carbocycles. The minimum atomic E-state index is 0.531. The van der Waals surface area contributed by atoms with Crippen molar-refractivity contribution in [2.24, 2.45) is 0 Å². The Hall–Kier alpha value is -0.660. The van der Waals surface area contributed by atoms with Crippen LogP contribution < -0.4 is 5.32 Å². The maximum absolute atomic E-state index is 4.99. The van der Waals surface area contributed by atoms with Gasteiger partial charge in [-0.3, -0.25) is 0 Å². The fraction of sp³-hybridized carbons (Fsp3) is 0.923. The summed E-state index contributed by atoms with van der Waals surface area (Å²) in [5.41, 5.74) is 0. The van der Waals surface area contributed by atoms with Gasteiger partial charge in [0.15, 0.2) is 0 Å². The van der Waals surface area contributed by atoms with E-state index in [1.165, 1.54) is 38.5 Å². The molecule has 1 aliphatic rings. The fourth-order valence-electron chi connectivity index (χ4n) is 2.47. The average molecular weight is 299 g/mol. The van der Waals surface area contributed by atoms with E-state index in [0.717, 1.165) is 30.6 Å². The largest absolute Gasteiger partial charge is 0.383 e. The number of thioether (sulfide) groups is 1. The van der Waals surface area contributed by atoms with E-state index in [1.807, 2.05) is 4.68 Å². The third kappa shape index (κ3) is 5.03. The van der Waals surface area contributed by atoms with Gasteiger partial charge >= 0.3 is 0 Å². The van der Waals surface area contributed by atoms with Crippen LogP contribution in [0.5, 0.6) is 0 Å². The molecule has 1 saturated carbocycles. The first-order chi connectivity index (χ1) is 9.92. The molecule has 1 aromatic heterocycles. The lowest BCUT2D eigenvalue weighted by Crippen LogP contribution is -2.20. The van der Waals surface area contributed by atoms with Crippen LogP contribution in [-0.4, -0.2) is 52.8 Å². The van der Waals surface area contributed by atoms with Crippen LogP contribution in [0.25, 0.3) is 0 Å². The number of tetrazole rings is 1. The highest BCUT2D eigenvalue weighted by Crippen LogP contribution is 2.31. The molecule has 7 heteroatoms. The summed E-state index contributed by atoms with van der Waals surface area (Å²) >= 11 is 1.78. The number of aromatic nitrogens is 4. The van der Waals surface area contributed by atoms with Crippen molar-refractivity contribution in [3.8, 4) is 0 Å². The van der Waals surface area contributed by atoms with Crippen molar-refractivity contribution in [2.45, 2.75) is 49.7 Å². The van der Waals surface area contributed by atoms with Crippen molar-refractivity contribution in [3.05, 3.63) is 0 Å². The van der Waals surface area contributed by atoms with Crippen LogP contribution >= 0.6 is 11.8 Å². The molecular weight excluding hydrogens is 274 g/mol. The van der Waals surface area contributed by atoms with Crippen molar-refractivity contribution >= 4 is 11.8 Å². The number of rotatable bonds is 10. The first-order valence-corrected chi connectivity index (χ1v) is 8.50. The zero-order chi connectivity index (χ0) is 14.0. The van der Waals surface area contributed by atoms with Crippen LogP contribution in [0.4, 0.5) is 0 Å². The van der Waals surface area contributed by atoms with E-state index in [9.17, 15) is 0 Å². The number of hydrogen-bond acceptors (Lipinski definition) is 6. The SMILES string of the molecule is COCCNCCCCSc1nnnn1C1CCCC1. The van der Waals surface area contributed by atoms with Crippen LogP contribution in [0.2, 0.25) is 0 Å². The van der Waals surface area contributed by atoms with Gasteiger partial charge in [0.25, 0.3) is 0 Å². The van der Waals surface area contributed by atoms with Gasteiger partial charge in [0.1, 0.15) is 0 Å². The van der Waals surface area contributed by atoms with Crippen molar-refractivity contribution in [2.75, 3.05) is 32.6 Å². The van der Waals surface area contributed by atoms with Gasteiger partial charge in [-0.25, -0.2) is 4.68 Å². The highest BCUT2D eigenvalue weighted by Gasteiger charge is 2.21. The average Bonchev–Trinajstić information content (AvgIpc) is 3.11. The molecule has 0 unspecified atom stereocenters. The van der Waals surface area contributed by atoms with E-state index in [0.29, 0.717) is 6.04 Å². The first kappa shape index (κ1) is 15.7. The standard InChI is InChI=1S/C13H25N5OS/c1-19-10-9-14-8-4-5-11-20-13-15-16-17-18(13)12-6-2-3-7-12/h12,14H,2-11H2,1H3. The molecule has 20 heavy (non-hydrogen) atoms. The fourth-order valence-corrected chi connectivity index (χ4v) is 3.42. The lowest BCUT2D eigenvalue weighted by atomic mass is 10.3. The van der Waals surface area contributed by atoms with E-state index >= 15 is 0 Å². The number of hydrogen-bond donors (Lipinski definition) is 1. The number of unbranched alkanes of at least 4 members (excludes halogenated alkanes) is 1. The Bertz CT molecular complexity index is 367. The summed E-state index contributed by atoms with van der Waals surface area (Å²) in [5, 5.41) is 16.5. The zero-order valence-electron chi connectivity index (χ0n) is 12.3. The summed E-state index contributed by atoms with van der Waals surface area (Å²) < 4.78 is 7.03. The predicted octanol–water partition coefficient (Wildman–Crippen LogP) is 1.90. The number of ether oxygens (including phenoxy) is 1. The normalized spacial score (nSPS) is 16.1. The topological polar surface area (TPSA) is 64.9 Å². The second-order valence-corrected chi connectivity index (χ2v) is 6.20. The Morgan fingerprint density at radius 2 is 2.15 bits per heavy atom. The summed E-state index contributed by atoms with van der Waals surface area (Å²) in [7, 11) is 1.73. The third-order valence-electron chi connectivity index (χ3n) is 3.60. The second kappa shape index (κ2) is 9.31. The molecule has 0 spiro atoms. The van der Waals surface area contributed by atoms with Crippen LogP contribution in [0.1, 0.15) is 44.6 Å². The number of nitrogens with one attached hydrogen (secondary N) is 1. The molecule has 1 N–H and O–H groups in total. The highest BCUT2D eigenvalue weighted by molar-refractivity contribution is 7.99. The molecule has 0 amide bonds. The van der Waals surface area contributed by atoms with Crippen molar-refractivity contribution in [1.82, 2.24) is 25.5 Å². The van der Waals surface area contributed by atoms with E-state index < -0.39 is 0 Å². The second-order valence-electron chi connectivity index (χ2n) is 5.14. The number of nitrogens with zero attached hydrogens (tertiary/aromatic N) is 4. The lowest BCUT2D eigenvalue weighted by Gasteiger charge is -2.10. The Kier molecular flexibility index (Phi) is 7.32. The molecular formula is C13H25N5OS. The number of methoxy groups -OCH3 is 1. The van der Waals surface area contributed by atoms with Crippen molar-refractivity contribution in [3.63, 3.8) is 0 Å². The molecule has 1 heterocycles. The molecule has 0 saturated heterocycles. The molecule has 1 aromatic rings. The van der Waals surface area contributed by atoms with Gasteiger partial charge in [0.2, 0.25) is 5.16 Å². The van der Waals surface area contributed by atoms with Gasteiger partial charge in [0, 0.05) is 19.4 Å². The summed E-state index contributed by atoms with van der Waals surface area (Å²) in [5.74, 6) is 1.08. The Labute approximate surface area is 125 Å². The van der Waals surface area contributed by atoms with E-state index in [-0.39, 0.29) is 0 Å². The maximum atomic E-state index is 4.99. The predicted molar refractivity (Wildman–Crippen MR) is 80.0 cm³/mol. The van der Waals surface area contributed by atoms with Gasteiger partial charge < -0.3 is 10.1 Å². The van der Waals surface area contributed by atoms with E-state index in [2.05, 4.69) is 20.8 Å². The molecule has 0 aliphatic heterocycles. The summed E-state index contributed by atoms with van der Waals surface area (Å²) in [6, 6.07) is 0.531. The zero-order valence-corrected chi connectivity index (χ0v) is 13.1. The molecule has 1 aliphatic carbocycles. The third-order valence-corrected chi connectivity index (χ3v) is 4.61. The van der Waals surface area contributed by atoms with E-state index in [4.69, 9.17) is 4.74 Å². The minimum Gasteiger partial charge on any atom is -0.383 e. The molecule has 0 bridgehead atoms. The molecule has 2 rings (SSSR count). The highest BCUT2D eigenvalue weighted by atomic mass is 32.2. The maximum Gasteiger partial charge on any atom is 0.209 e. The van der Waals surface area contributed by atoms with Crippen molar-refractivity contribution in [1.29, 1.82) is 0 Å². The van der Waals surface area contributed by atoms with Crippen LogP contribution in [0.3, 0.4) is 0 Å². The van der Waals surface area contributed by atoms with E-state index in [1.54, 1.807) is 18.9 Å². The summed E-state index contributed by atoms with van der Waals surface area (Å²) in [6.07, 6.45) is 7.43. The molecule has 114 valence electrons. The summed E-state index contributed by atoms with van der Waals surface area (Å²) in [6.45, 7) is 2.77. The van der Waals surface area contributed by atoms with Crippen LogP contribution in [0, 0.1) is 0 Å². The van der Waals surface area contributed by atoms with Crippen LogP contribution in [-0.2, 0) is 4.74 Å². The molecule has 0 atom stereocenters. The van der Waals surface area contributed by atoms with Crippen LogP contribution in [0.15, 0.2) is 5.16 Å². The van der Waals surface area contributed by atoms with Crippen molar-refractivity contribution < 1.29 is 4.74 Å². The monoisotopic (exact) mass is 299 g/mol. The lowest BCUT2D eigenvalue weighted by molar-refractivity contribution is 0.199. The van der Waals surface area contributed by atoms with Gasteiger partial charge in [-0.2, -0.15) is 0 Å². The van der Waals surface area contributed by atoms with Gasteiger partial charge in [-0.05, 0) is 42.7 Å². The Balaban J connectivity index is 1.59. The summed E-state index contributed by atoms with van der Waals surface area (Å²) in [4.78, 5) is 0. The van der Waals surface area contributed by atoms with Gasteiger partial charge in [-0.15, -0.1) is 5.10 Å². The minimum absolute atomic E-state index is 0.531.